The molecule has 0 aliphatic heterocycles. The van der Waals surface area contributed by atoms with Crippen molar-refractivity contribution in [3.05, 3.63) is 35.4 Å². The van der Waals surface area contributed by atoms with E-state index in [2.05, 4.69) is 6.92 Å². The van der Waals surface area contributed by atoms with Crippen molar-refractivity contribution < 1.29 is 8.78 Å². The highest BCUT2D eigenvalue weighted by Crippen LogP contribution is 2.33. The average Bonchev–Trinajstić information content (AvgIpc) is 2.57. The largest absolute Gasteiger partial charge is 0.325 e. The molecule has 0 saturated heterocycles. The maximum absolute atomic E-state index is 13.8. The first-order valence-corrected chi connectivity index (χ1v) is 7.75. The zero-order valence-corrected chi connectivity index (χ0v) is 12.3. The summed E-state index contributed by atoms with van der Waals surface area (Å²) >= 11 is 0. The second kappa shape index (κ2) is 6.66. The summed E-state index contributed by atoms with van der Waals surface area (Å²) in [5.74, 6) is -0.228. The molecule has 1 aromatic rings. The SMILES string of the molecule is CCCC1CCCC(N)(Cc2ccc(F)cc2F)CC1. The zero-order valence-electron chi connectivity index (χ0n) is 12.3. The standard InChI is InChI=1S/C17H25F2N/c1-2-4-13-5-3-9-17(20,10-8-13)12-14-6-7-15(18)11-16(14)19/h6-7,11,13H,2-5,8-10,12,20H2,1H3. The first kappa shape index (κ1) is 15.4. The molecule has 0 aromatic heterocycles. The highest BCUT2D eigenvalue weighted by Gasteiger charge is 2.30. The third-order valence-corrected chi connectivity index (χ3v) is 4.59. The molecule has 1 nitrogen and oxygen atoms in total. The van der Waals surface area contributed by atoms with E-state index in [-0.39, 0.29) is 5.54 Å². The molecule has 0 heterocycles. The van der Waals surface area contributed by atoms with Crippen molar-refractivity contribution in [2.75, 3.05) is 0 Å². The topological polar surface area (TPSA) is 26.0 Å². The van der Waals surface area contributed by atoms with Crippen LogP contribution in [0, 0.1) is 17.6 Å². The highest BCUT2D eigenvalue weighted by atomic mass is 19.1. The van der Waals surface area contributed by atoms with Gasteiger partial charge in [-0.05, 0) is 43.2 Å². The van der Waals surface area contributed by atoms with E-state index < -0.39 is 11.6 Å². The quantitative estimate of drug-likeness (QED) is 0.803. The number of hydrogen-bond acceptors (Lipinski definition) is 1. The summed E-state index contributed by atoms with van der Waals surface area (Å²) in [7, 11) is 0. The van der Waals surface area contributed by atoms with Crippen LogP contribution in [0.25, 0.3) is 0 Å². The maximum atomic E-state index is 13.8. The molecule has 2 atom stereocenters. The van der Waals surface area contributed by atoms with Gasteiger partial charge < -0.3 is 5.73 Å². The summed E-state index contributed by atoms with van der Waals surface area (Å²) in [6.45, 7) is 2.22. The van der Waals surface area contributed by atoms with Crippen molar-refractivity contribution in [3.8, 4) is 0 Å². The van der Waals surface area contributed by atoms with Gasteiger partial charge in [0, 0.05) is 11.6 Å². The van der Waals surface area contributed by atoms with E-state index >= 15 is 0 Å². The lowest BCUT2D eigenvalue weighted by molar-refractivity contribution is 0.350. The summed E-state index contributed by atoms with van der Waals surface area (Å²) in [6.07, 6.45) is 8.35. The van der Waals surface area contributed by atoms with Crippen molar-refractivity contribution in [2.24, 2.45) is 11.7 Å². The minimum atomic E-state index is -0.527. The summed E-state index contributed by atoms with van der Waals surface area (Å²) < 4.78 is 26.7. The fourth-order valence-electron chi connectivity index (χ4n) is 3.42. The Hall–Kier alpha value is -0.960. The number of rotatable bonds is 4. The molecule has 1 saturated carbocycles. The van der Waals surface area contributed by atoms with Crippen LogP contribution < -0.4 is 5.73 Å². The van der Waals surface area contributed by atoms with E-state index in [1.807, 2.05) is 0 Å². The van der Waals surface area contributed by atoms with Crippen molar-refractivity contribution in [3.63, 3.8) is 0 Å². The van der Waals surface area contributed by atoms with Crippen LogP contribution in [-0.4, -0.2) is 5.54 Å². The lowest BCUT2D eigenvalue weighted by Crippen LogP contribution is -2.41. The monoisotopic (exact) mass is 281 g/mol. The van der Waals surface area contributed by atoms with Crippen LogP contribution in [0.1, 0.15) is 57.4 Å². The molecule has 2 rings (SSSR count). The van der Waals surface area contributed by atoms with Crippen LogP contribution in [0.15, 0.2) is 18.2 Å². The van der Waals surface area contributed by atoms with Crippen molar-refractivity contribution in [1.82, 2.24) is 0 Å². The molecule has 1 fully saturated rings. The van der Waals surface area contributed by atoms with E-state index in [0.717, 1.165) is 37.7 Å². The molecule has 3 heteroatoms. The van der Waals surface area contributed by atoms with Gasteiger partial charge in [0.2, 0.25) is 0 Å². The Labute approximate surface area is 120 Å². The lowest BCUT2D eigenvalue weighted by Gasteiger charge is -2.28. The van der Waals surface area contributed by atoms with Gasteiger partial charge in [-0.25, -0.2) is 8.78 Å². The van der Waals surface area contributed by atoms with Crippen LogP contribution in [0.5, 0.6) is 0 Å². The molecular weight excluding hydrogens is 256 g/mol. The molecule has 112 valence electrons. The minimum Gasteiger partial charge on any atom is -0.325 e. The Morgan fingerprint density at radius 2 is 2.05 bits per heavy atom. The predicted molar refractivity (Wildman–Crippen MR) is 78.5 cm³/mol. The van der Waals surface area contributed by atoms with Gasteiger partial charge in [0.1, 0.15) is 11.6 Å². The van der Waals surface area contributed by atoms with E-state index in [1.165, 1.54) is 31.4 Å². The molecule has 0 bridgehead atoms. The Balaban J connectivity index is 2.03. The molecule has 1 aliphatic rings. The summed E-state index contributed by atoms with van der Waals surface area (Å²) in [5, 5.41) is 0. The lowest BCUT2D eigenvalue weighted by atomic mass is 9.84. The van der Waals surface area contributed by atoms with Crippen molar-refractivity contribution in [1.29, 1.82) is 0 Å². The molecule has 20 heavy (non-hydrogen) atoms. The van der Waals surface area contributed by atoms with Gasteiger partial charge in [-0.15, -0.1) is 0 Å². The maximum Gasteiger partial charge on any atom is 0.129 e. The molecule has 0 radical (unpaired) electrons. The Morgan fingerprint density at radius 3 is 2.75 bits per heavy atom. The van der Waals surface area contributed by atoms with Crippen LogP contribution in [-0.2, 0) is 6.42 Å². The van der Waals surface area contributed by atoms with Gasteiger partial charge in [0.15, 0.2) is 0 Å². The third kappa shape index (κ3) is 4.02. The molecule has 1 aromatic carbocycles. The molecule has 2 unspecified atom stereocenters. The smallest absolute Gasteiger partial charge is 0.129 e. The molecule has 0 amide bonds. The first-order chi connectivity index (χ1) is 9.52. The van der Waals surface area contributed by atoms with Gasteiger partial charge in [0.25, 0.3) is 0 Å². The molecular formula is C17H25F2N. The van der Waals surface area contributed by atoms with Gasteiger partial charge in [0.05, 0.1) is 0 Å². The predicted octanol–water partition coefficient (Wildman–Crippen LogP) is 4.59. The normalized spacial score (nSPS) is 27.3. The zero-order chi connectivity index (χ0) is 14.6. The van der Waals surface area contributed by atoms with Crippen LogP contribution in [0.3, 0.4) is 0 Å². The van der Waals surface area contributed by atoms with Gasteiger partial charge in [-0.2, -0.15) is 0 Å². The van der Waals surface area contributed by atoms with Crippen LogP contribution in [0.2, 0.25) is 0 Å². The van der Waals surface area contributed by atoms with E-state index in [1.54, 1.807) is 0 Å². The Morgan fingerprint density at radius 1 is 1.25 bits per heavy atom. The van der Waals surface area contributed by atoms with E-state index in [9.17, 15) is 8.78 Å². The first-order valence-electron chi connectivity index (χ1n) is 7.75. The van der Waals surface area contributed by atoms with Crippen molar-refractivity contribution in [2.45, 2.75) is 63.8 Å². The Bertz CT molecular complexity index is 447. The molecule has 2 N–H and O–H groups in total. The average molecular weight is 281 g/mol. The summed E-state index contributed by atoms with van der Waals surface area (Å²) in [4.78, 5) is 0. The highest BCUT2D eigenvalue weighted by molar-refractivity contribution is 5.21. The van der Waals surface area contributed by atoms with Crippen LogP contribution in [0.4, 0.5) is 8.78 Å². The fraction of sp³-hybridized carbons (Fsp3) is 0.647. The van der Waals surface area contributed by atoms with Crippen molar-refractivity contribution >= 4 is 0 Å². The second-order valence-electron chi connectivity index (χ2n) is 6.36. The number of nitrogens with two attached hydrogens (primary N) is 1. The van der Waals surface area contributed by atoms with E-state index in [4.69, 9.17) is 5.73 Å². The van der Waals surface area contributed by atoms with E-state index in [0.29, 0.717) is 12.0 Å². The van der Waals surface area contributed by atoms with Crippen LogP contribution >= 0.6 is 0 Å². The van der Waals surface area contributed by atoms with Gasteiger partial charge >= 0.3 is 0 Å². The second-order valence-corrected chi connectivity index (χ2v) is 6.36. The fourth-order valence-corrected chi connectivity index (χ4v) is 3.42. The minimum absolute atomic E-state index is 0.332. The molecule has 0 spiro atoms. The summed E-state index contributed by atoms with van der Waals surface area (Å²) in [5.41, 5.74) is 6.71. The Kier molecular flexibility index (Phi) is 5.14. The number of halogens is 2. The van der Waals surface area contributed by atoms with Gasteiger partial charge in [-0.1, -0.05) is 38.7 Å². The number of benzene rings is 1. The molecule has 1 aliphatic carbocycles. The third-order valence-electron chi connectivity index (χ3n) is 4.59. The van der Waals surface area contributed by atoms with Gasteiger partial charge in [-0.3, -0.25) is 0 Å². The summed E-state index contributed by atoms with van der Waals surface area (Å²) in [6, 6.07) is 3.81. The number of hydrogen-bond donors (Lipinski definition) is 1.